The van der Waals surface area contributed by atoms with Gasteiger partial charge in [0, 0.05) is 0 Å². The summed E-state index contributed by atoms with van der Waals surface area (Å²) in [5.41, 5.74) is -6.11. The summed E-state index contributed by atoms with van der Waals surface area (Å²) in [5, 5.41) is 22.3. The van der Waals surface area contributed by atoms with Crippen molar-refractivity contribution in [3.8, 4) is 0 Å². The SMILES string of the molecule is COC1=C(C)[C@@]23COC(=O)[C@@]24COC[C@]42C(C)=C(O)C(=O)[C@H]3[C@]2(O)C1=O. The lowest BCUT2D eigenvalue weighted by Crippen LogP contribution is -2.65. The van der Waals surface area contributed by atoms with Gasteiger partial charge in [-0.05, 0) is 25.0 Å². The fourth-order valence-corrected chi connectivity index (χ4v) is 6.74. The number of allylic oxidation sites excluding steroid dienone is 1. The van der Waals surface area contributed by atoms with Crippen LogP contribution in [0.2, 0.25) is 0 Å². The van der Waals surface area contributed by atoms with Crippen molar-refractivity contribution >= 4 is 17.5 Å². The number of carbonyl (C=O) groups is 3. The van der Waals surface area contributed by atoms with E-state index in [1.165, 1.54) is 14.0 Å². The van der Waals surface area contributed by atoms with Gasteiger partial charge in [-0.1, -0.05) is 0 Å². The third-order valence-corrected chi connectivity index (χ3v) is 7.73. The molecule has 4 bridgehead atoms. The molecule has 2 saturated heterocycles. The normalized spacial score (nSPS) is 48.8. The Balaban J connectivity index is 2.04. The minimum absolute atomic E-state index is 0.0582. The van der Waals surface area contributed by atoms with Crippen LogP contribution in [0.3, 0.4) is 0 Å². The topological polar surface area (TPSA) is 119 Å². The first-order valence-corrected chi connectivity index (χ1v) is 8.42. The van der Waals surface area contributed by atoms with E-state index in [-0.39, 0.29) is 31.2 Å². The first kappa shape index (κ1) is 16.0. The van der Waals surface area contributed by atoms with Crippen LogP contribution < -0.4 is 0 Å². The quantitative estimate of drug-likeness (QED) is 0.616. The molecule has 5 rings (SSSR count). The molecule has 26 heavy (non-hydrogen) atoms. The molecule has 3 spiro atoms. The van der Waals surface area contributed by atoms with Gasteiger partial charge in [-0.25, -0.2) is 0 Å². The zero-order valence-corrected chi connectivity index (χ0v) is 14.5. The monoisotopic (exact) mass is 362 g/mol. The van der Waals surface area contributed by atoms with Crippen LogP contribution in [0.25, 0.3) is 0 Å². The van der Waals surface area contributed by atoms with E-state index >= 15 is 0 Å². The van der Waals surface area contributed by atoms with Crippen molar-refractivity contribution < 1.29 is 38.8 Å². The first-order valence-electron chi connectivity index (χ1n) is 8.42. The van der Waals surface area contributed by atoms with Gasteiger partial charge in [0.2, 0.25) is 11.6 Å². The summed E-state index contributed by atoms with van der Waals surface area (Å²) in [7, 11) is 1.31. The number of rotatable bonds is 1. The highest BCUT2D eigenvalue weighted by Gasteiger charge is 2.96. The minimum Gasteiger partial charge on any atom is -0.504 e. The molecule has 2 heterocycles. The van der Waals surface area contributed by atoms with Gasteiger partial charge in [0.1, 0.15) is 12.0 Å². The van der Waals surface area contributed by atoms with Crippen LogP contribution in [0.5, 0.6) is 0 Å². The average molecular weight is 362 g/mol. The van der Waals surface area contributed by atoms with Gasteiger partial charge in [0.15, 0.2) is 17.1 Å². The molecule has 138 valence electrons. The first-order chi connectivity index (χ1) is 12.2. The van der Waals surface area contributed by atoms with Gasteiger partial charge in [-0.2, -0.15) is 0 Å². The molecule has 0 aromatic carbocycles. The van der Waals surface area contributed by atoms with Gasteiger partial charge in [-0.15, -0.1) is 0 Å². The highest BCUT2D eigenvalue weighted by atomic mass is 16.6. The van der Waals surface area contributed by atoms with Crippen LogP contribution in [-0.2, 0) is 28.6 Å². The maximum absolute atomic E-state index is 13.3. The number of aliphatic hydroxyl groups excluding tert-OH is 1. The van der Waals surface area contributed by atoms with E-state index < -0.39 is 51.1 Å². The van der Waals surface area contributed by atoms with Crippen molar-refractivity contribution in [3.63, 3.8) is 0 Å². The van der Waals surface area contributed by atoms with Gasteiger partial charge >= 0.3 is 5.97 Å². The molecule has 5 atom stereocenters. The van der Waals surface area contributed by atoms with Gasteiger partial charge in [0.05, 0.1) is 37.1 Å². The average Bonchev–Trinajstić information content (AvgIpc) is 3.18. The predicted molar refractivity (Wildman–Crippen MR) is 82.6 cm³/mol. The molecule has 5 aliphatic rings. The van der Waals surface area contributed by atoms with Crippen LogP contribution in [0.1, 0.15) is 13.8 Å². The molecule has 3 aliphatic carbocycles. The summed E-state index contributed by atoms with van der Waals surface area (Å²) < 4.78 is 16.4. The fourth-order valence-electron chi connectivity index (χ4n) is 6.74. The molecule has 0 aromatic rings. The Morgan fingerprint density at radius 1 is 1.08 bits per heavy atom. The zero-order valence-electron chi connectivity index (χ0n) is 14.5. The number of carbonyl (C=O) groups excluding carboxylic acids is 3. The number of ketones is 2. The van der Waals surface area contributed by atoms with E-state index in [2.05, 4.69) is 0 Å². The smallest absolute Gasteiger partial charge is 0.316 e. The molecule has 0 aromatic heterocycles. The number of cyclic esters (lactones) is 1. The number of hydrogen-bond donors (Lipinski definition) is 2. The predicted octanol–water partition coefficient (Wildman–Crippen LogP) is -0.189. The van der Waals surface area contributed by atoms with Crippen molar-refractivity contribution in [2.75, 3.05) is 26.9 Å². The Hall–Kier alpha value is -2.19. The van der Waals surface area contributed by atoms with Crippen molar-refractivity contribution in [2.45, 2.75) is 19.4 Å². The molecule has 8 heteroatoms. The standard InChI is InChI=1S/C18H18O8/c1-7-9(19)10(20)12-15-4-26-14(22)17(15)6-25-5-16(7,17)18(12,23)13(21)11(24-3)8(15)2/h12,19,23H,4-6H2,1-3H3/t12-,15-,16+,17+,18+/m1/s1. The van der Waals surface area contributed by atoms with E-state index in [1.54, 1.807) is 6.92 Å². The van der Waals surface area contributed by atoms with Gasteiger partial charge in [0.25, 0.3) is 0 Å². The highest BCUT2D eigenvalue weighted by Crippen LogP contribution is 2.82. The van der Waals surface area contributed by atoms with Crippen molar-refractivity contribution in [1.29, 1.82) is 0 Å². The van der Waals surface area contributed by atoms with E-state index in [0.29, 0.717) is 5.57 Å². The van der Waals surface area contributed by atoms with E-state index in [0.717, 1.165) is 0 Å². The van der Waals surface area contributed by atoms with Crippen molar-refractivity contribution in [2.24, 2.45) is 22.2 Å². The van der Waals surface area contributed by atoms with Crippen molar-refractivity contribution in [3.05, 3.63) is 22.7 Å². The number of hydrogen-bond acceptors (Lipinski definition) is 8. The number of methoxy groups -OCH3 is 1. The van der Waals surface area contributed by atoms with Crippen LogP contribution >= 0.6 is 0 Å². The van der Waals surface area contributed by atoms with Crippen LogP contribution in [0.15, 0.2) is 22.7 Å². The maximum Gasteiger partial charge on any atom is 0.316 e. The number of aliphatic hydroxyl groups is 2. The molecule has 3 fully saturated rings. The van der Waals surface area contributed by atoms with E-state index in [1.807, 2.05) is 0 Å². The molecule has 2 aliphatic heterocycles. The summed E-state index contributed by atoms with van der Waals surface area (Å²) in [6.07, 6.45) is 0. The third kappa shape index (κ3) is 1.01. The number of ether oxygens (including phenoxy) is 3. The number of esters is 1. The lowest BCUT2D eigenvalue weighted by molar-refractivity contribution is -0.174. The largest absolute Gasteiger partial charge is 0.504 e. The molecule has 1 saturated carbocycles. The summed E-state index contributed by atoms with van der Waals surface area (Å²) in [6.45, 7) is 2.63. The van der Waals surface area contributed by atoms with Crippen LogP contribution in [-0.4, -0.2) is 60.3 Å². The Morgan fingerprint density at radius 2 is 1.73 bits per heavy atom. The lowest BCUT2D eigenvalue weighted by Gasteiger charge is -2.48. The van der Waals surface area contributed by atoms with Crippen molar-refractivity contribution in [1.82, 2.24) is 0 Å². The van der Waals surface area contributed by atoms with Gasteiger partial charge in [-0.3, -0.25) is 14.4 Å². The summed E-state index contributed by atoms with van der Waals surface area (Å²) >= 11 is 0. The molecule has 8 nitrogen and oxygen atoms in total. The van der Waals surface area contributed by atoms with E-state index in [9.17, 15) is 24.6 Å². The second-order valence-corrected chi connectivity index (χ2v) is 7.88. The molecular formula is C18H18O8. The van der Waals surface area contributed by atoms with Gasteiger partial charge < -0.3 is 24.4 Å². The van der Waals surface area contributed by atoms with E-state index in [4.69, 9.17) is 14.2 Å². The highest BCUT2D eigenvalue weighted by molar-refractivity contribution is 6.15. The zero-order chi connectivity index (χ0) is 18.9. The third-order valence-electron chi connectivity index (χ3n) is 7.73. The molecule has 2 N–H and O–H groups in total. The fraction of sp³-hybridized carbons (Fsp3) is 0.611. The summed E-state index contributed by atoms with van der Waals surface area (Å²) in [6, 6.07) is 0. The molecule has 0 radical (unpaired) electrons. The minimum atomic E-state index is -2.23. The molecule has 0 amide bonds. The second kappa shape index (κ2) is 4.04. The van der Waals surface area contributed by atoms with Crippen LogP contribution in [0.4, 0.5) is 0 Å². The molecule has 0 unspecified atom stereocenters. The van der Waals surface area contributed by atoms with Crippen LogP contribution in [0, 0.1) is 22.2 Å². The summed E-state index contributed by atoms with van der Waals surface area (Å²) in [5.74, 6) is -4.00. The lowest BCUT2D eigenvalue weighted by atomic mass is 9.54. The number of Topliss-reactive ketones (excluding diaryl/α,β-unsaturated/α-hetero) is 2. The maximum atomic E-state index is 13.3. The second-order valence-electron chi connectivity index (χ2n) is 7.88. The molecular weight excluding hydrogens is 344 g/mol. The Bertz CT molecular complexity index is 899. The summed E-state index contributed by atoms with van der Waals surface area (Å²) in [4.78, 5) is 39.5. The Morgan fingerprint density at radius 3 is 2.38 bits per heavy atom. The Kier molecular flexibility index (Phi) is 2.49. The Labute approximate surface area is 148 Å².